The maximum Gasteiger partial charge on any atom is 0.146 e. The lowest BCUT2D eigenvalue weighted by molar-refractivity contribution is -0.121. The first-order valence-corrected chi connectivity index (χ1v) is 6.48. The van der Waals surface area contributed by atoms with Gasteiger partial charge in [0, 0.05) is 5.92 Å². The molecular formula is C11H19BrO. The van der Waals surface area contributed by atoms with E-state index in [0.29, 0.717) is 17.0 Å². The first kappa shape index (κ1) is 11.2. The number of carbonyl (C=O) groups is 1. The average molecular weight is 247 g/mol. The lowest BCUT2D eigenvalue weighted by atomic mass is 9.79. The highest BCUT2D eigenvalue weighted by Crippen LogP contribution is 2.32. The third-order valence-electron chi connectivity index (χ3n) is 3.13. The van der Waals surface area contributed by atoms with Crippen molar-refractivity contribution in [3.05, 3.63) is 0 Å². The minimum atomic E-state index is 0.368. The van der Waals surface area contributed by atoms with E-state index in [-0.39, 0.29) is 0 Å². The zero-order valence-corrected chi connectivity index (χ0v) is 9.98. The summed E-state index contributed by atoms with van der Waals surface area (Å²) in [6.45, 7) is 2.25. The van der Waals surface area contributed by atoms with Crippen LogP contribution in [0.2, 0.25) is 0 Å². The Bertz CT molecular complexity index is 159. The molecule has 0 aromatic heterocycles. The summed E-state index contributed by atoms with van der Waals surface area (Å²) in [4.78, 5) is 11.4. The summed E-state index contributed by atoms with van der Waals surface area (Å²) < 4.78 is 0. The second kappa shape index (κ2) is 5.79. The number of rotatable bonds is 4. The van der Waals surface area contributed by atoms with Gasteiger partial charge in [-0.25, -0.2) is 0 Å². The molecule has 0 aromatic rings. The molecule has 1 saturated carbocycles. The number of alkyl halides is 1. The second-order valence-corrected chi connectivity index (χ2v) is 4.67. The molecule has 0 amide bonds. The lowest BCUT2D eigenvalue weighted by Crippen LogP contribution is -2.22. The Kier molecular flexibility index (Phi) is 5.00. The monoisotopic (exact) mass is 246 g/mol. The maximum absolute atomic E-state index is 11.4. The molecule has 0 aromatic carbocycles. The predicted molar refractivity (Wildman–Crippen MR) is 59.2 cm³/mol. The molecule has 1 nitrogen and oxygen atoms in total. The van der Waals surface area contributed by atoms with E-state index in [2.05, 4.69) is 22.9 Å². The summed E-state index contributed by atoms with van der Waals surface area (Å²) in [5.74, 6) is 1.69. The van der Waals surface area contributed by atoms with Crippen LogP contribution in [0, 0.1) is 11.8 Å². The van der Waals surface area contributed by atoms with Crippen molar-refractivity contribution in [2.45, 2.75) is 45.4 Å². The van der Waals surface area contributed by atoms with Crippen LogP contribution < -0.4 is 0 Å². The number of Topliss-reactive ketones (excluding diaryl/α,β-unsaturated/α-hetero) is 1. The zero-order chi connectivity index (χ0) is 9.68. The van der Waals surface area contributed by atoms with E-state index in [1.54, 1.807) is 0 Å². The fourth-order valence-corrected chi connectivity index (χ4v) is 2.75. The number of halogens is 1. The summed E-state index contributed by atoms with van der Waals surface area (Å²) >= 11 is 3.25. The van der Waals surface area contributed by atoms with Gasteiger partial charge in [-0.05, 0) is 31.6 Å². The van der Waals surface area contributed by atoms with E-state index in [0.717, 1.165) is 18.8 Å². The van der Waals surface area contributed by atoms with Gasteiger partial charge in [-0.15, -0.1) is 0 Å². The van der Waals surface area contributed by atoms with E-state index in [4.69, 9.17) is 0 Å². The van der Waals surface area contributed by atoms with Crippen molar-refractivity contribution >= 4 is 21.7 Å². The Morgan fingerprint density at radius 2 is 1.92 bits per heavy atom. The van der Waals surface area contributed by atoms with Crippen LogP contribution in [-0.2, 0) is 4.79 Å². The zero-order valence-electron chi connectivity index (χ0n) is 8.39. The van der Waals surface area contributed by atoms with Crippen LogP contribution in [0.1, 0.15) is 45.4 Å². The SMILES string of the molecule is CCCC1CCC(C(=O)CBr)CC1. The molecule has 2 heteroatoms. The van der Waals surface area contributed by atoms with Gasteiger partial charge in [0.1, 0.15) is 5.78 Å². The van der Waals surface area contributed by atoms with Crippen LogP contribution in [0.4, 0.5) is 0 Å². The number of ketones is 1. The van der Waals surface area contributed by atoms with Crippen LogP contribution >= 0.6 is 15.9 Å². The number of hydrogen-bond acceptors (Lipinski definition) is 1. The Hall–Kier alpha value is 0.150. The molecule has 0 saturated heterocycles. The van der Waals surface area contributed by atoms with Crippen molar-refractivity contribution in [1.82, 2.24) is 0 Å². The van der Waals surface area contributed by atoms with Gasteiger partial charge in [-0.2, -0.15) is 0 Å². The van der Waals surface area contributed by atoms with Crippen molar-refractivity contribution in [3.63, 3.8) is 0 Å². The molecule has 76 valence electrons. The van der Waals surface area contributed by atoms with Crippen LogP contribution in [0.5, 0.6) is 0 Å². The largest absolute Gasteiger partial charge is 0.298 e. The standard InChI is InChI=1S/C11H19BrO/c1-2-3-9-4-6-10(7-5-9)11(13)8-12/h9-10H,2-8H2,1H3. The van der Waals surface area contributed by atoms with Crippen LogP contribution in [0.25, 0.3) is 0 Å². The lowest BCUT2D eigenvalue weighted by Gasteiger charge is -2.26. The summed E-state index contributed by atoms with van der Waals surface area (Å²) in [5, 5.41) is 0.552. The molecule has 0 aliphatic heterocycles. The van der Waals surface area contributed by atoms with Gasteiger partial charge in [-0.1, -0.05) is 35.7 Å². The Morgan fingerprint density at radius 3 is 2.38 bits per heavy atom. The van der Waals surface area contributed by atoms with Gasteiger partial charge >= 0.3 is 0 Å². The van der Waals surface area contributed by atoms with Gasteiger partial charge in [0.2, 0.25) is 0 Å². The predicted octanol–water partition coefficient (Wildman–Crippen LogP) is 3.56. The topological polar surface area (TPSA) is 17.1 Å². The first-order valence-electron chi connectivity index (χ1n) is 5.36. The highest BCUT2D eigenvalue weighted by molar-refractivity contribution is 9.09. The average Bonchev–Trinajstić information content (AvgIpc) is 2.18. The summed E-state index contributed by atoms with van der Waals surface area (Å²) in [5.41, 5.74) is 0. The molecule has 1 rings (SSSR count). The summed E-state index contributed by atoms with van der Waals surface area (Å²) in [6.07, 6.45) is 7.47. The number of carbonyl (C=O) groups excluding carboxylic acids is 1. The van der Waals surface area contributed by atoms with Crippen molar-refractivity contribution in [2.24, 2.45) is 11.8 Å². The van der Waals surface area contributed by atoms with Crippen LogP contribution in [-0.4, -0.2) is 11.1 Å². The minimum Gasteiger partial charge on any atom is -0.298 e. The summed E-state index contributed by atoms with van der Waals surface area (Å²) in [7, 11) is 0. The molecular weight excluding hydrogens is 228 g/mol. The van der Waals surface area contributed by atoms with Crippen molar-refractivity contribution in [1.29, 1.82) is 0 Å². The van der Waals surface area contributed by atoms with Gasteiger partial charge in [0.15, 0.2) is 0 Å². The summed E-state index contributed by atoms with van der Waals surface area (Å²) in [6, 6.07) is 0. The van der Waals surface area contributed by atoms with Crippen molar-refractivity contribution in [2.75, 3.05) is 5.33 Å². The second-order valence-electron chi connectivity index (χ2n) is 4.11. The molecule has 0 unspecified atom stereocenters. The molecule has 0 N–H and O–H groups in total. The first-order chi connectivity index (χ1) is 6.27. The third kappa shape index (κ3) is 3.41. The highest BCUT2D eigenvalue weighted by Gasteiger charge is 2.24. The third-order valence-corrected chi connectivity index (χ3v) is 3.68. The minimum absolute atomic E-state index is 0.368. The molecule has 1 aliphatic rings. The van der Waals surface area contributed by atoms with Crippen LogP contribution in [0.3, 0.4) is 0 Å². The Labute approximate surface area is 89.4 Å². The van der Waals surface area contributed by atoms with E-state index < -0.39 is 0 Å². The molecule has 1 fully saturated rings. The smallest absolute Gasteiger partial charge is 0.146 e. The van der Waals surface area contributed by atoms with Crippen LogP contribution in [0.15, 0.2) is 0 Å². The van der Waals surface area contributed by atoms with E-state index in [1.165, 1.54) is 25.7 Å². The van der Waals surface area contributed by atoms with E-state index >= 15 is 0 Å². The Balaban J connectivity index is 2.26. The molecule has 0 bridgehead atoms. The molecule has 0 spiro atoms. The van der Waals surface area contributed by atoms with Crippen molar-refractivity contribution in [3.8, 4) is 0 Å². The normalized spacial score (nSPS) is 28.8. The van der Waals surface area contributed by atoms with Crippen molar-refractivity contribution < 1.29 is 4.79 Å². The molecule has 0 atom stereocenters. The molecule has 13 heavy (non-hydrogen) atoms. The van der Waals surface area contributed by atoms with Gasteiger partial charge in [0.05, 0.1) is 5.33 Å². The van der Waals surface area contributed by atoms with Gasteiger partial charge in [-0.3, -0.25) is 4.79 Å². The fraction of sp³-hybridized carbons (Fsp3) is 0.909. The quantitative estimate of drug-likeness (QED) is 0.694. The molecule has 0 radical (unpaired) electrons. The molecule has 0 heterocycles. The Morgan fingerprint density at radius 1 is 1.31 bits per heavy atom. The van der Waals surface area contributed by atoms with Gasteiger partial charge < -0.3 is 0 Å². The highest BCUT2D eigenvalue weighted by atomic mass is 79.9. The fourth-order valence-electron chi connectivity index (χ4n) is 2.29. The molecule has 1 aliphatic carbocycles. The van der Waals surface area contributed by atoms with Gasteiger partial charge in [0.25, 0.3) is 0 Å². The number of hydrogen-bond donors (Lipinski definition) is 0. The van der Waals surface area contributed by atoms with E-state index in [9.17, 15) is 4.79 Å². The maximum atomic E-state index is 11.4. The van der Waals surface area contributed by atoms with E-state index in [1.807, 2.05) is 0 Å².